The van der Waals surface area contributed by atoms with Crippen molar-refractivity contribution in [1.29, 1.82) is 0 Å². The van der Waals surface area contributed by atoms with Crippen molar-refractivity contribution in [2.45, 2.75) is 65.7 Å². The number of aryl methyl sites for hydroxylation is 1. The van der Waals surface area contributed by atoms with Gasteiger partial charge in [0, 0.05) is 35.0 Å². The van der Waals surface area contributed by atoms with Gasteiger partial charge in [0.05, 0.1) is 29.8 Å². The summed E-state index contributed by atoms with van der Waals surface area (Å²) in [7, 11) is 0. The van der Waals surface area contributed by atoms with Crippen molar-refractivity contribution in [3.8, 4) is 22.6 Å². The second kappa shape index (κ2) is 11.6. The van der Waals surface area contributed by atoms with E-state index in [2.05, 4.69) is 4.74 Å². The molecule has 6 rings (SSSR count). The van der Waals surface area contributed by atoms with Crippen LogP contribution in [0.15, 0.2) is 71.7 Å². The lowest BCUT2D eigenvalue weighted by atomic mass is 9.85. The number of carbonyl (C=O) groups is 1. The number of benzene rings is 3. The minimum Gasteiger partial charge on any atom is -0.493 e. The Morgan fingerprint density at radius 1 is 1.04 bits per heavy atom. The number of pyridine rings is 2. The molecule has 7 nitrogen and oxygen atoms in total. The number of ketones is 1. The number of hydrogen-bond donors (Lipinski definition) is 0. The number of nitrogens with zero attached hydrogens (tertiary/aromatic N) is 2. The third-order valence-electron chi connectivity index (χ3n) is 7.98. The number of hydrogen-bond acceptors (Lipinski definition) is 6. The highest BCUT2D eigenvalue weighted by Gasteiger charge is 2.32. The van der Waals surface area contributed by atoms with E-state index in [9.17, 15) is 22.8 Å². The lowest BCUT2D eigenvalue weighted by Gasteiger charge is -2.30. The first-order chi connectivity index (χ1) is 21.7. The summed E-state index contributed by atoms with van der Waals surface area (Å²) in [6.07, 6.45) is -3.23. The molecule has 3 heterocycles. The first-order valence-electron chi connectivity index (χ1n) is 14.9. The van der Waals surface area contributed by atoms with Crippen LogP contribution in [0.2, 0.25) is 0 Å². The van der Waals surface area contributed by atoms with Crippen molar-refractivity contribution in [1.82, 2.24) is 9.55 Å². The van der Waals surface area contributed by atoms with E-state index >= 15 is 0 Å². The van der Waals surface area contributed by atoms with Crippen LogP contribution in [0, 0.1) is 6.92 Å². The predicted molar refractivity (Wildman–Crippen MR) is 169 cm³/mol. The van der Waals surface area contributed by atoms with Crippen molar-refractivity contribution in [2.75, 3.05) is 6.61 Å². The van der Waals surface area contributed by atoms with E-state index in [1.165, 1.54) is 37.3 Å². The van der Waals surface area contributed by atoms with Crippen LogP contribution in [0.4, 0.5) is 13.2 Å². The van der Waals surface area contributed by atoms with E-state index in [1.54, 1.807) is 16.8 Å². The number of ether oxygens (including phenoxy) is 3. The lowest BCUT2D eigenvalue weighted by molar-refractivity contribution is -0.274. The molecular weight excluding hydrogens is 597 g/mol. The molecule has 10 heteroatoms. The Labute approximate surface area is 263 Å². The monoisotopic (exact) mass is 630 g/mol. The van der Waals surface area contributed by atoms with Crippen molar-refractivity contribution >= 4 is 27.6 Å². The van der Waals surface area contributed by atoms with E-state index in [0.717, 1.165) is 34.2 Å². The van der Waals surface area contributed by atoms with Gasteiger partial charge in [0.1, 0.15) is 17.6 Å². The smallest absolute Gasteiger partial charge is 0.493 e. The molecule has 0 amide bonds. The fourth-order valence-corrected chi connectivity index (χ4v) is 6.16. The first-order valence-corrected chi connectivity index (χ1v) is 14.9. The van der Waals surface area contributed by atoms with Gasteiger partial charge in [0.25, 0.3) is 5.56 Å². The molecule has 1 unspecified atom stereocenters. The molecule has 3 aromatic carbocycles. The highest BCUT2D eigenvalue weighted by atomic mass is 19.4. The zero-order valence-electron chi connectivity index (χ0n) is 26.1. The van der Waals surface area contributed by atoms with Gasteiger partial charge in [-0.05, 0) is 105 Å². The summed E-state index contributed by atoms with van der Waals surface area (Å²) in [5, 5.41) is 1.60. The van der Waals surface area contributed by atoms with Crippen LogP contribution in [-0.2, 0) is 22.5 Å². The molecule has 0 fully saturated rings. The largest absolute Gasteiger partial charge is 0.573 e. The van der Waals surface area contributed by atoms with Gasteiger partial charge in [-0.2, -0.15) is 0 Å². The van der Waals surface area contributed by atoms with Crippen molar-refractivity contribution in [3.63, 3.8) is 0 Å². The Bertz CT molecular complexity index is 2030. The van der Waals surface area contributed by atoms with Crippen molar-refractivity contribution in [3.05, 3.63) is 99.5 Å². The first kappa shape index (κ1) is 31.3. The lowest BCUT2D eigenvalue weighted by Crippen LogP contribution is -2.27. The number of rotatable bonds is 7. The molecule has 0 N–H and O–H groups in total. The summed E-state index contributed by atoms with van der Waals surface area (Å²) in [5.41, 5.74) is 4.95. The van der Waals surface area contributed by atoms with Crippen LogP contribution < -0.4 is 15.0 Å². The summed E-state index contributed by atoms with van der Waals surface area (Å²) < 4.78 is 56.1. The summed E-state index contributed by atoms with van der Waals surface area (Å²) in [6, 6.07) is 16.3. The minimum atomic E-state index is -4.81. The highest BCUT2D eigenvalue weighted by Crippen LogP contribution is 2.45. The maximum Gasteiger partial charge on any atom is 0.573 e. The van der Waals surface area contributed by atoms with E-state index in [1.807, 2.05) is 52.0 Å². The van der Waals surface area contributed by atoms with Crippen molar-refractivity contribution in [2.24, 2.45) is 0 Å². The van der Waals surface area contributed by atoms with Gasteiger partial charge in [-0.25, -0.2) is 0 Å². The molecule has 1 aliphatic rings. The molecule has 1 atom stereocenters. The molecule has 0 aliphatic carbocycles. The average molecular weight is 631 g/mol. The Kier molecular flexibility index (Phi) is 7.88. The number of alkyl halides is 3. The Balaban J connectivity index is 1.62. The van der Waals surface area contributed by atoms with Gasteiger partial charge in [-0.15, -0.1) is 13.2 Å². The second-order valence-electron chi connectivity index (χ2n) is 12.5. The number of aromatic nitrogens is 2. The van der Waals surface area contributed by atoms with Gasteiger partial charge < -0.3 is 18.8 Å². The summed E-state index contributed by atoms with van der Waals surface area (Å²) in [4.78, 5) is 31.5. The van der Waals surface area contributed by atoms with Crippen LogP contribution in [0.3, 0.4) is 0 Å². The number of carbonyl (C=O) groups excluding carboxylic acids is 1. The molecule has 0 spiro atoms. The van der Waals surface area contributed by atoms with E-state index in [0.29, 0.717) is 39.7 Å². The fourth-order valence-electron chi connectivity index (χ4n) is 6.16. The second-order valence-corrected chi connectivity index (χ2v) is 12.5. The van der Waals surface area contributed by atoms with Gasteiger partial charge in [-0.1, -0.05) is 12.1 Å². The molecule has 0 saturated heterocycles. The van der Waals surface area contributed by atoms with Crippen LogP contribution in [0.5, 0.6) is 11.5 Å². The maximum atomic E-state index is 13.4. The summed E-state index contributed by atoms with van der Waals surface area (Å²) >= 11 is 0. The SMILES string of the molecule is CC(=O)C(OC(C)(C)C)c1c(C)cc2c(ccc(=O)n2Cc2ccc(OC(F)(F)F)cc2)c1-c1ccc2c3c(ccnc13)CCO2. The zero-order valence-corrected chi connectivity index (χ0v) is 26.1. The highest BCUT2D eigenvalue weighted by molar-refractivity contribution is 6.08. The number of fused-ring (bicyclic) bond motifs is 1. The third-order valence-corrected chi connectivity index (χ3v) is 7.98. The quantitative estimate of drug-likeness (QED) is 0.182. The van der Waals surface area contributed by atoms with Crippen molar-refractivity contribution < 1.29 is 32.2 Å². The van der Waals surface area contributed by atoms with Gasteiger partial charge in [0.15, 0.2) is 5.78 Å². The number of Topliss-reactive ketones (excluding diaryl/α,β-unsaturated/α-hetero) is 1. The maximum absolute atomic E-state index is 13.4. The summed E-state index contributed by atoms with van der Waals surface area (Å²) in [6.45, 7) is 9.71. The van der Waals surface area contributed by atoms with Crippen LogP contribution in [0.25, 0.3) is 32.9 Å². The number of halogens is 3. The molecule has 1 aliphatic heterocycles. The molecule has 0 bridgehead atoms. The van der Waals surface area contributed by atoms with Gasteiger partial charge in [0.2, 0.25) is 0 Å². The van der Waals surface area contributed by atoms with E-state index in [-0.39, 0.29) is 23.6 Å². The fraction of sp³-hybridized carbons (Fsp3) is 0.306. The molecule has 5 aromatic rings. The molecule has 0 saturated carbocycles. The topological polar surface area (TPSA) is 79.7 Å². The normalized spacial score (nSPS) is 13.9. The van der Waals surface area contributed by atoms with Crippen LogP contribution in [0.1, 0.15) is 56.1 Å². The van der Waals surface area contributed by atoms with Crippen LogP contribution in [-0.4, -0.2) is 33.9 Å². The molecule has 46 heavy (non-hydrogen) atoms. The minimum absolute atomic E-state index is 0.0885. The Morgan fingerprint density at radius 3 is 2.46 bits per heavy atom. The zero-order chi connectivity index (χ0) is 33.0. The summed E-state index contributed by atoms with van der Waals surface area (Å²) in [5.74, 6) is 0.209. The third kappa shape index (κ3) is 6.09. The molecule has 0 radical (unpaired) electrons. The van der Waals surface area contributed by atoms with Gasteiger partial charge >= 0.3 is 6.36 Å². The predicted octanol–water partition coefficient (Wildman–Crippen LogP) is 7.85. The molecular formula is C36H33F3N2O5. The average Bonchev–Trinajstić information content (AvgIpc) is 2.97. The van der Waals surface area contributed by atoms with Gasteiger partial charge in [-0.3, -0.25) is 14.6 Å². The van der Waals surface area contributed by atoms with Crippen LogP contribution >= 0.6 is 0 Å². The molecule has 2 aromatic heterocycles. The Morgan fingerprint density at radius 2 is 1.78 bits per heavy atom. The van der Waals surface area contributed by atoms with E-state index in [4.69, 9.17) is 14.5 Å². The standard InChI is InChI=1S/C36H33F3N2O5/c1-20-18-27-25(11-13-29(43)41(27)19-22-6-8-24(9-7-22)45-36(37,38)39)32(30(20)34(21(2)42)46-35(3,4)5)26-10-12-28-31-23(15-17-44-28)14-16-40-33(26)31/h6-14,16,18,34H,15,17,19H2,1-5H3. The van der Waals surface area contributed by atoms with E-state index < -0.39 is 18.1 Å². The Hall–Kier alpha value is -4.70. The molecule has 238 valence electrons.